The summed E-state index contributed by atoms with van der Waals surface area (Å²) >= 11 is 1.42. The van der Waals surface area contributed by atoms with Crippen LogP contribution >= 0.6 is 11.3 Å². The van der Waals surface area contributed by atoms with E-state index < -0.39 is 16.1 Å². The molecule has 0 unspecified atom stereocenters. The van der Waals surface area contributed by atoms with Gasteiger partial charge in [0.2, 0.25) is 15.9 Å². The van der Waals surface area contributed by atoms with Gasteiger partial charge in [0.25, 0.3) is 5.89 Å². The van der Waals surface area contributed by atoms with Crippen molar-refractivity contribution >= 4 is 21.4 Å². The second-order valence-corrected chi connectivity index (χ2v) is 8.76. The van der Waals surface area contributed by atoms with Gasteiger partial charge < -0.3 is 4.42 Å². The first-order valence-corrected chi connectivity index (χ1v) is 10.6. The van der Waals surface area contributed by atoms with Gasteiger partial charge in [0.15, 0.2) is 0 Å². The normalized spacial score (nSPS) is 18.6. The van der Waals surface area contributed by atoms with E-state index in [1.165, 1.54) is 21.8 Å². The summed E-state index contributed by atoms with van der Waals surface area (Å²) in [6, 6.07) is -0.459. The van der Waals surface area contributed by atoms with Crippen molar-refractivity contribution in [1.29, 1.82) is 0 Å². The van der Waals surface area contributed by atoms with Crippen LogP contribution in [0.15, 0.2) is 27.2 Å². The summed E-state index contributed by atoms with van der Waals surface area (Å²) in [6.07, 6.45) is 4.31. The summed E-state index contributed by atoms with van der Waals surface area (Å²) in [5.74, 6) is 0.694. The number of nitrogens with zero attached hydrogens (tertiary/aromatic N) is 6. The van der Waals surface area contributed by atoms with Gasteiger partial charge in [0, 0.05) is 19.3 Å². The van der Waals surface area contributed by atoms with E-state index in [1.807, 2.05) is 13.8 Å². The molecule has 0 amide bonds. The van der Waals surface area contributed by atoms with E-state index in [2.05, 4.69) is 20.3 Å². The molecule has 0 bridgehead atoms. The highest BCUT2D eigenvalue weighted by Gasteiger charge is 2.40. The minimum Gasteiger partial charge on any atom is -0.418 e. The maximum Gasteiger partial charge on any atom is 0.259 e. The Kier molecular flexibility index (Phi) is 4.37. The van der Waals surface area contributed by atoms with Gasteiger partial charge in [-0.1, -0.05) is 0 Å². The van der Waals surface area contributed by atoms with Crippen molar-refractivity contribution in [2.45, 2.75) is 44.2 Å². The van der Waals surface area contributed by atoms with Crippen LogP contribution in [0.3, 0.4) is 0 Å². The molecule has 26 heavy (non-hydrogen) atoms. The quantitative estimate of drug-likeness (QED) is 0.653. The van der Waals surface area contributed by atoms with Crippen LogP contribution in [0.2, 0.25) is 0 Å². The predicted octanol–water partition coefficient (Wildman–Crippen LogP) is 2.24. The van der Waals surface area contributed by atoms with Crippen molar-refractivity contribution < 1.29 is 12.8 Å². The van der Waals surface area contributed by atoms with Gasteiger partial charge in [0.1, 0.15) is 15.8 Å². The summed E-state index contributed by atoms with van der Waals surface area (Å²) in [7, 11) is -3.67. The van der Waals surface area contributed by atoms with E-state index in [0.29, 0.717) is 31.3 Å². The molecule has 1 aliphatic rings. The van der Waals surface area contributed by atoms with Crippen LogP contribution in [-0.2, 0) is 16.6 Å². The number of thiazole rings is 1. The van der Waals surface area contributed by atoms with Crippen molar-refractivity contribution in [2.24, 2.45) is 0 Å². The fourth-order valence-electron chi connectivity index (χ4n) is 3.03. The molecule has 0 aromatic carbocycles. The third kappa shape index (κ3) is 2.85. The number of aromatic nitrogens is 5. The monoisotopic (exact) mass is 394 g/mol. The molecule has 4 rings (SSSR count). The highest BCUT2D eigenvalue weighted by Crippen LogP contribution is 2.37. The number of sulfonamides is 1. The summed E-state index contributed by atoms with van der Waals surface area (Å²) in [6.45, 7) is 4.80. The molecular formula is C15H18N6O3S2. The Bertz CT molecular complexity index is 1020. The molecule has 3 aromatic heterocycles. The van der Waals surface area contributed by atoms with E-state index in [0.717, 1.165) is 17.0 Å². The first kappa shape index (κ1) is 17.3. The minimum atomic E-state index is -3.67. The van der Waals surface area contributed by atoms with Gasteiger partial charge in [-0.25, -0.2) is 13.4 Å². The third-order valence-corrected chi connectivity index (χ3v) is 7.19. The van der Waals surface area contributed by atoms with E-state index in [1.54, 1.807) is 16.4 Å². The van der Waals surface area contributed by atoms with E-state index in [-0.39, 0.29) is 4.90 Å². The van der Waals surface area contributed by atoms with Crippen LogP contribution in [0, 0.1) is 6.92 Å². The molecule has 1 atom stereocenters. The zero-order valence-corrected chi connectivity index (χ0v) is 16.0. The lowest BCUT2D eigenvalue weighted by atomic mass is 10.2. The maximum absolute atomic E-state index is 13.0. The summed E-state index contributed by atoms with van der Waals surface area (Å²) in [5, 5.41) is 12.3. The van der Waals surface area contributed by atoms with Crippen molar-refractivity contribution in [3.05, 3.63) is 29.5 Å². The molecule has 138 valence electrons. The number of hydrogen-bond donors (Lipinski definition) is 0. The van der Waals surface area contributed by atoms with Gasteiger partial charge in [0.05, 0.1) is 17.4 Å². The molecular weight excluding hydrogens is 376 g/mol. The van der Waals surface area contributed by atoms with Crippen molar-refractivity contribution in [3.8, 4) is 10.8 Å². The predicted molar refractivity (Wildman–Crippen MR) is 93.9 cm³/mol. The molecule has 9 nitrogen and oxygen atoms in total. The maximum atomic E-state index is 13.0. The van der Waals surface area contributed by atoms with Crippen molar-refractivity contribution in [3.63, 3.8) is 0 Å². The second-order valence-electron chi connectivity index (χ2n) is 6.02. The van der Waals surface area contributed by atoms with Crippen LogP contribution in [-0.4, -0.2) is 44.2 Å². The van der Waals surface area contributed by atoms with Crippen LogP contribution in [0.1, 0.15) is 37.4 Å². The van der Waals surface area contributed by atoms with E-state index in [4.69, 9.17) is 4.42 Å². The molecule has 0 N–H and O–H groups in total. The molecule has 1 saturated heterocycles. The Morgan fingerprint density at radius 1 is 1.38 bits per heavy atom. The number of hydrogen-bond acceptors (Lipinski definition) is 8. The first-order valence-electron chi connectivity index (χ1n) is 8.29. The van der Waals surface area contributed by atoms with Crippen LogP contribution in [0.25, 0.3) is 10.8 Å². The van der Waals surface area contributed by atoms with Crippen molar-refractivity contribution in [1.82, 2.24) is 29.3 Å². The van der Waals surface area contributed by atoms with E-state index >= 15 is 0 Å². The fourth-order valence-corrected chi connectivity index (χ4v) is 5.36. The average Bonchev–Trinajstić information content (AvgIpc) is 3.38. The molecule has 1 fully saturated rings. The SMILES string of the molecule is CCn1cc(S(=O)(=O)N2CCC[C@@H]2c2nnc(-c3scnc3C)o2)cn1. The van der Waals surface area contributed by atoms with Gasteiger partial charge >= 0.3 is 0 Å². The largest absolute Gasteiger partial charge is 0.418 e. The van der Waals surface area contributed by atoms with Gasteiger partial charge in [-0.15, -0.1) is 21.5 Å². The lowest BCUT2D eigenvalue weighted by Gasteiger charge is -2.20. The molecule has 0 aliphatic carbocycles. The van der Waals surface area contributed by atoms with E-state index in [9.17, 15) is 8.42 Å². The van der Waals surface area contributed by atoms with Crippen LogP contribution in [0.5, 0.6) is 0 Å². The standard InChI is InChI=1S/C15H18N6O3S2/c1-3-20-8-11(7-17-20)26(22,23)21-6-4-5-12(21)14-18-19-15(24-14)13-10(2)16-9-25-13/h7-9,12H,3-6H2,1-2H3/t12-/m1/s1. The topological polar surface area (TPSA) is 107 Å². The Morgan fingerprint density at radius 2 is 2.23 bits per heavy atom. The summed E-state index contributed by atoms with van der Waals surface area (Å²) < 4.78 is 34.8. The Balaban J connectivity index is 1.65. The highest BCUT2D eigenvalue weighted by atomic mass is 32.2. The molecule has 1 aliphatic heterocycles. The second kappa shape index (κ2) is 6.56. The molecule has 0 saturated carbocycles. The summed E-state index contributed by atoms with van der Waals surface area (Å²) in [5.41, 5.74) is 2.53. The van der Waals surface area contributed by atoms with Gasteiger partial charge in [-0.3, -0.25) is 4.68 Å². The Hall–Kier alpha value is -2.11. The Labute approximate surface area is 154 Å². The lowest BCUT2D eigenvalue weighted by molar-refractivity contribution is 0.332. The summed E-state index contributed by atoms with van der Waals surface area (Å²) in [4.78, 5) is 5.17. The zero-order valence-electron chi connectivity index (χ0n) is 14.4. The number of rotatable bonds is 5. The van der Waals surface area contributed by atoms with Gasteiger partial charge in [-0.05, 0) is 26.7 Å². The minimum absolute atomic E-state index is 0.185. The Morgan fingerprint density at radius 3 is 2.92 bits per heavy atom. The van der Waals surface area contributed by atoms with Crippen LogP contribution in [0.4, 0.5) is 0 Å². The molecule has 0 spiro atoms. The molecule has 0 radical (unpaired) electrons. The smallest absolute Gasteiger partial charge is 0.259 e. The lowest BCUT2D eigenvalue weighted by Crippen LogP contribution is -2.30. The van der Waals surface area contributed by atoms with Crippen molar-refractivity contribution in [2.75, 3.05) is 6.54 Å². The zero-order chi connectivity index (χ0) is 18.3. The third-order valence-electron chi connectivity index (χ3n) is 4.41. The molecule has 4 heterocycles. The van der Waals surface area contributed by atoms with Crippen LogP contribution < -0.4 is 0 Å². The number of aryl methyl sites for hydroxylation is 2. The molecule has 11 heteroatoms. The highest BCUT2D eigenvalue weighted by molar-refractivity contribution is 7.89. The first-order chi connectivity index (χ1) is 12.5. The fraction of sp³-hybridized carbons (Fsp3) is 0.467. The average molecular weight is 394 g/mol. The molecule has 3 aromatic rings. The van der Waals surface area contributed by atoms with Gasteiger partial charge in [-0.2, -0.15) is 9.40 Å².